The minimum atomic E-state index is -0.575. The van der Waals surface area contributed by atoms with Crippen LogP contribution in [0.4, 0.5) is 0 Å². The molecule has 1 heterocycles. The van der Waals surface area contributed by atoms with Gasteiger partial charge in [0.05, 0.1) is 12.6 Å². The molecule has 0 aromatic heterocycles. The zero-order chi connectivity index (χ0) is 19.9. The first-order chi connectivity index (χ1) is 13.5. The van der Waals surface area contributed by atoms with E-state index in [9.17, 15) is 9.59 Å². The molecule has 6 nitrogen and oxygen atoms in total. The van der Waals surface area contributed by atoms with Crippen molar-refractivity contribution < 1.29 is 14.3 Å². The van der Waals surface area contributed by atoms with E-state index in [1.165, 1.54) is 24.0 Å². The van der Waals surface area contributed by atoms with E-state index in [1.807, 2.05) is 31.1 Å². The second kappa shape index (κ2) is 9.73. The van der Waals surface area contributed by atoms with Crippen molar-refractivity contribution in [2.24, 2.45) is 0 Å². The predicted octanol–water partition coefficient (Wildman–Crippen LogP) is 2.35. The van der Waals surface area contributed by atoms with Crippen LogP contribution in [0.25, 0.3) is 0 Å². The number of rotatable bonds is 7. The third-order valence-corrected chi connectivity index (χ3v) is 5.50. The van der Waals surface area contributed by atoms with Gasteiger partial charge in [-0.25, -0.2) is 0 Å². The third kappa shape index (κ3) is 5.35. The van der Waals surface area contributed by atoms with Gasteiger partial charge in [-0.3, -0.25) is 9.59 Å². The van der Waals surface area contributed by atoms with Crippen molar-refractivity contribution >= 4 is 11.8 Å². The van der Waals surface area contributed by atoms with Crippen molar-refractivity contribution in [3.8, 4) is 5.75 Å². The Morgan fingerprint density at radius 1 is 1.14 bits per heavy atom. The van der Waals surface area contributed by atoms with Gasteiger partial charge in [-0.2, -0.15) is 0 Å². The fourth-order valence-electron chi connectivity index (χ4n) is 3.83. The Balaban J connectivity index is 1.48. The van der Waals surface area contributed by atoms with Gasteiger partial charge < -0.3 is 20.3 Å². The molecule has 1 aromatic carbocycles. The summed E-state index contributed by atoms with van der Waals surface area (Å²) >= 11 is 0. The molecule has 1 aliphatic carbocycles. The second-order valence-corrected chi connectivity index (χ2v) is 7.77. The number of hydrogen-bond donors (Lipinski definition) is 2. The monoisotopic (exact) mass is 385 g/mol. The van der Waals surface area contributed by atoms with Crippen molar-refractivity contribution in [1.29, 1.82) is 0 Å². The summed E-state index contributed by atoms with van der Waals surface area (Å²) < 4.78 is 5.56. The van der Waals surface area contributed by atoms with Crippen LogP contribution in [-0.2, 0) is 16.0 Å². The number of carbonyl (C=O) groups is 2. The van der Waals surface area contributed by atoms with Crippen LogP contribution in [0.2, 0.25) is 0 Å². The number of likely N-dealkylation sites (N-methyl/N-ethyl adjacent to an activating group) is 1. The van der Waals surface area contributed by atoms with Gasteiger partial charge in [-0.1, -0.05) is 23.8 Å². The SMILES string of the molecule is CN(C)C(CNC(=O)C(=O)NCCC1=CCCCC1)c1ccc2c(c1)CCO2. The normalized spacial score (nSPS) is 16.8. The van der Waals surface area contributed by atoms with Crippen molar-refractivity contribution in [1.82, 2.24) is 15.5 Å². The Kier molecular flexibility index (Phi) is 7.09. The first-order valence-electron chi connectivity index (χ1n) is 10.2. The van der Waals surface area contributed by atoms with Crippen molar-refractivity contribution in [2.75, 3.05) is 33.8 Å². The number of amides is 2. The molecule has 1 aromatic rings. The summed E-state index contributed by atoms with van der Waals surface area (Å²) in [6.45, 7) is 1.61. The van der Waals surface area contributed by atoms with E-state index in [0.29, 0.717) is 13.1 Å². The molecule has 0 saturated carbocycles. The highest BCUT2D eigenvalue weighted by Crippen LogP contribution is 2.29. The number of fused-ring (bicyclic) bond motifs is 1. The Labute approximate surface area is 167 Å². The molecule has 1 unspecified atom stereocenters. The van der Waals surface area contributed by atoms with Crippen molar-refractivity contribution in [2.45, 2.75) is 44.6 Å². The maximum absolute atomic E-state index is 12.2. The highest BCUT2D eigenvalue weighted by atomic mass is 16.5. The molecule has 28 heavy (non-hydrogen) atoms. The van der Waals surface area contributed by atoms with Gasteiger partial charge in [0.1, 0.15) is 5.75 Å². The van der Waals surface area contributed by atoms with Crippen LogP contribution in [-0.4, -0.2) is 50.5 Å². The quantitative estimate of drug-likeness (QED) is 0.558. The summed E-state index contributed by atoms with van der Waals surface area (Å²) in [6, 6.07) is 6.15. The molecule has 0 radical (unpaired) electrons. The lowest BCUT2D eigenvalue weighted by Gasteiger charge is -2.25. The summed E-state index contributed by atoms with van der Waals surface area (Å²) in [6.07, 6.45) is 8.72. The van der Waals surface area contributed by atoms with E-state index in [2.05, 4.69) is 22.8 Å². The molecule has 6 heteroatoms. The van der Waals surface area contributed by atoms with Crippen LogP contribution in [0.5, 0.6) is 5.75 Å². The zero-order valence-corrected chi connectivity index (χ0v) is 16.9. The molecule has 2 N–H and O–H groups in total. The van der Waals surface area contributed by atoms with E-state index in [-0.39, 0.29) is 6.04 Å². The minimum absolute atomic E-state index is 0.00459. The van der Waals surface area contributed by atoms with Crippen LogP contribution < -0.4 is 15.4 Å². The van der Waals surface area contributed by atoms with Gasteiger partial charge in [-0.15, -0.1) is 0 Å². The van der Waals surface area contributed by atoms with Gasteiger partial charge in [0.15, 0.2) is 0 Å². The maximum Gasteiger partial charge on any atom is 0.309 e. The van der Waals surface area contributed by atoms with Gasteiger partial charge in [0.25, 0.3) is 0 Å². The lowest BCUT2D eigenvalue weighted by Crippen LogP contribution is -2.43. The number of nitrogens with zero attached hydrogens (tertiary/aromatic N) is 1. The molecule has 1 aliphatic heterocycles. The molecule has 0 spiro atoms. The lowest BCUT2D eigenvalue weighted by atomic mass is 9.97. The zero-order valence-electron chi connectivity index (χ0n) is 16.9. The maximum atomic E-state index is 12.2. The molecule has 3 rings (SSSR count). The van der Waals surface area contributed by atoms with E-state index in [4.69, 9.17) is 4.74 Å². The molecule has 1 atom stereocenters. The van der Waals surface area contributed by atoms with Crippen LogP contribution in [0.15, 0.2) is 29.8 Å². The molecule has 152 valence electrons. The molecule has 0 saturated heterocycles. The molecular formula is C22H31N3O3. The number of hydrogen-bond acceptors (Lipinski definition) is 4. The average molecular weight is 386 g/mol. The second-order valence-electron chi connectivity index (χ2n) is 7.77. The third-order valence-electron chi connectivity index (χ3n) is 5.50. The summed E-state index contributed by atoms with van der Waals surface area (Å²) in [4.78, 5) is 26.3. The molecule has 2 aliphatic rings. The Bertz CT molecular complexity index is 743. The van der Waals surface area contributed by atoms with Gasteiger partial charge in [-0.05, 0) is 63.4 Å². The number of nitrogens with one attached hydrogen (secondary N) is 2. The Morgan fingerprint density at radius 3 is 2.71 bits per heavy atom. The Morgan fingerprint density at radius 2 is 1.96 bits per heavy atom. The smallest absolute Gasteiger partial charge is 0.309 e. The predicted molar refractivity (Wildman–Crippen MR) is 109 cm³/mol. The lowest BCUT2D eigenvalue weighted by molar-refractivity contribution is -0.139. The van der Waals surface area contributed by atoms with E-state index in [1.54, 1.807) is 0 Å². The van der Waals surface area contributed by atoms with Gasteiger partial charge in [0.2, 0.25) is 0 Å². The number of benzene rings is 1. The first-order valence-corrected chi connectivity index (χ1v) is 10.2. The van der Waals surface area contributed by atoms with E-state index in [0.717, 1.165) is 43.6 Å². The van der Waals surface area contributed by atoms with Gasteiger partial charge in [0, 0.05) is 19.5 Å². The number of carbonyl (C=O) groups excluding carboxylic acids is 2. The molecule has 0 fully saturated rings. The van der Waals surface area contributed by atoms with Crippen LogP contribution in [0.1, 0.15) is 49.3 Å². The van der Waals surface area contributed by atoms with Crippen molar-refractivity contribution in [3.05, 3.63) is 41.0 Å². The standard InChI is InChI=1S/C22H31N3O3/c1-25(2)19(17-8-9-20-18(14-17)11-13-28-20)15-24-22(27)21(26)23-12-10-16-6-4-3-5-7-16/h6,8-9,14,19H,3-5,7,10-13,15H2,1-2H3,(H,23,26)(H,24,27). The van der Waals surface area contributed by atoms with Crippen molar-refractivity contribution in [3.63, 3.8) is 0 Å². The highest BCUT2D eigenvalue weighted by Gasteiger charge is 2.21. The molecule has 0 bridgehead atoms. The summed E-state index contributed by atoms with van der Waals surface area (Å²) in [5.41, 5.74) is 3.70. The fraction of sp³-hybridized carbons (Fsp3) is 0.545. The molecule has 2 amide bonds. The summed E-state index contributed by atoms with van der Waals surface area (Å²) in [5, 5.41) is 5.51. The topological polar surface area (TPSA) is 70.7 Å². The number of allylic oxidation sites excluding steroid dienone is 1. The van der Waals surface area contributed by atoms with Crippen LogP contribution in [0.3, 0.4) is 0 Å². The highest BCUT2D eigenvalue weighted by molar-refractivity contribution is 6.35. The Hall–Kier alpha value is -2.34. The first kappa shape index (κ1) is 20.4. The van der Waals surface area contributed by atoms with Crippen LogP contribution in [0, 0.1) is 0 Å². The van der Waals surface area contributed by atoms with E-state index >= 15 is 0 Å². The minimum Gasteiger partial charge on any atom is -0.493 e. The van der Waals surface area contributed by atoms with Gasteiger partial charge >= 0.3 is 11.8 Å². The van der Waals surface area contributed by atoms with Crippen LogP contribution >= 0.6 is 0 Å². The summed E-state index contributed by atoms with van der Waals surface area (Å²) in [7, 11) is 3.94. The fourth-order valence-corrected chi connectivity index (χ4v) is 3.83. The molecular weight excluding hydrogens is 354 g/mol. The van der Waals surface area contributed by atoms with E-state index < -0.39 is 11.8 Å². The average Bonchev–Trinajstić information content (AvgIpc) is 3.16. The largest absolute Gasteiger partial charge is 0.493 e. The number of ether oxygens (including phenoxy) is 1. The summed E-state index contributed by atoms with van der Waals surface area (Å²) in [5.74, 6) is -0.192.